The lowest BCUT2D eigenvalue weighted by atomic mass is 10.3. The highest BCUT2D eigenvalue weighted by molar-refractivity contribution is 8.01. The normalized spacial score (nSPS) is 11.2. The van der Waals surface area contributed by atoms with Crippen molar-refractivity contribution in [2.24, 2.45) is 0 Å². The number of hydrogen-bond acceptors (Lipinski definition) is 5. The van der Waals surface area contributed by atoms with E-state index in [1.807, 2.05) is 50.2 Å². The Bertz CT molecular complexity index is 735. The Balaban J connectivity index is 1.88. The summed E-state index contributed by atoms with van der Waals surface area (Å²) >= 11 is 3.30. The summed E-state index contributed by atoms with van der Waals surface area (Å²) in [4.78, 5) is 5.67. The van der Waals surface area contributed by atoms with Crippen LogP contribution in [0.5, 0.6) is 5.75 Å². The number of rotatable bonds is 4. The van der Waals surface area contributed by atoms with Gasteiger partial charge in [-0.05, 0) is 38.1 Å². The molecule has 0 saturated heterocycles. The first-order chi connectivity index (χ1) is 10.1. The molecule has 0 radical (unpaired) electrons. The number of thiazole rings is 1. The number of nitrogens with two attached hydrogens (primary N) is 1. The molecule has 2 aromatic carbocycles. The third-order valence-corrected chi connectivity index (χ3v) is 4.82. The van der Waals surface area contributed by atoms with E-state index in [-0.39, 0.29) is 6.10 Å². The second kappa shape index (κ2) is 5.95. The van der Waals surface area contributed by atoms with Crippen LogP contribution in [-0.2, 0) is 0 Å². The van der Waals surface area contributed by atoms with Gasteiger partial charge in [-0.2, -0.15) is 0 Å². The predicted molar refractivity (Wildman–Crippen MR) is 90.4 cm³/mol. The molecule has 1 aromatic heterocycles. The van der Waals surface area contributed by atoms with E-state index in [9.17, 15) is 0 Å². The van der Waals surface area contributed by atoms with Crippen molar-refractivity contribution in [3.63, 3.8) is 0 Å². The molecule has 0 saturated carbocycles. The molecule has 3 rings (SSSR count). The lowest BCUT2D eigenvalue weighted by Crippen LogP contribution is -2.05. The molecule has 5 heteroatoms. The second-order valence-electron chi connectivity index (χ2n) is 4.95. The van der Waals surface area contributed by atoms with Gasteiger partial charge in [0, 0.05) is 16.6 Å². The van der Waals surface area contributed by atoms with Gasteiger partial charge in [0.15, 0.2) is 4.34 Å². The highest BCUT2D eigenvalue weighted by atomic mass is 32.2. The van der Waals surface area contributed by atoms with Crippen molar-refractivity contribution in [2.45, 2.75) is 29.2 Å². The summed E-state index contributed by atoms with van der Waals surface area (Å²) in [6, 6.07) is 14.0. The molecule has 2 N–H and O–H groups in total. The fourth-order valence-electron chi connectivity index (χ4n) is 1.99. The molecular formula is C16H16N2OS2. The van der Waals surface area contributed by atoms with Crippen LogP contribution in [0, 0.1) is 0 Å². The summed E-state index contributed by atoms with van der Waals surface area (Å²) in [5.41, 5.74) is 7.69. The van der Waals surface area contributed by atoms with Crippen LogP contribution in [0.4, 0.5) is 5.69 Å². The highest BCUT2D eigenvalue weighted by Crippen LogP contribution is 2.36. The van der Waals surface area contributed by atoms with E-state index >= 15 is 0 Å². The Morgan fingerprint density at radius 2 is 2.00 bits per heavy atom. The first-order valence-corrected chi connectivity index (χ1v) is 8.34. The zero-order valence-corrected chi connectivity index (χ0v) is 13.5. The van der Waals surface area contributed by atoms with Crippen LogP contribution >= 0.6 is 23.1 Å². The number of nitrogens with zero attached hydrogens (tertiary/aromatic N) is 1. The minimum atomic E-state index is 0.132. The molecule has 0 atom stereocenters. The van der Waals surface area contributed by atoms with Crippen LogP contribution < -0.4 is 10.5 Å². The maximum Gasteiger partial charge on any atom is 0.155 e. The van der Waals surface area contributed by atoms with E-state index in [1.54, 1.807) is 23.1 Å². The molecule has 0 amide bonds. The van der Waals surface area contributed by atoms with Gasteiger partial charge >= 0.3 is 0 Å². The fraction of sp³-hybridized carbons (Fsp3) is 0.188. The number of hydrogen-bond donors (Lipinski definition) is 1. The van der Waals surface area contributed by atoms with Crippen molar-refractivity contribution in [1.82, 2.24) is 4.98 Å². The molecule has 0 spiro atoms. The lowest BCUT2D eigenvalue weighted by Gasteiger charge is -2.11. The van der Waals surface area contributed by atoms with Crippen molar-refractivity contribution in [3.8, 4) is 5.75 Å². The fourth-order valence-corrected chi connectivity index (χ4v) is 4.13. The molecule has 0 fully saturated rings. The van der Waals surface area contributed by atoms with Gasteiger partial charge in [-0.25, -0.2) is 4.98 Å². The minimum absolute atomic E-state index is 0.132. The molecule has 3 aromatic rings. The standard InChI is InChI=1S/C16H16N2OS2/c1-10(2)19-12-7-11(17)8-13(9-12)20-16-18-14-5-3-4-6-15(14)21-16/h3-10H,17H2,1-2H3. The summed E-state index contributed by atoms with van der Waals surface area (Å²) in [6.07, 6.45) is 0.132. The van der Waals surface area contributed by atoms with E-state index in [0.29, 0.717) is 5.69 Å². The molecule has 21 heavy (non-hydrogen) atoms. The van der Waals surface area contributed by atoms with Crippen molar-refractivity contribution in [3.05, 3.63) is 42.5 Å². The number of nitrogen functional groups attached to an aromatic ring is 1. The van der Waals surface area contributed by atoms with Gasteiger partial charge in [0.05, 0.1) is 16.3 Å². The second-order valence-corrected chi connectivity index (χ2v) is 7.31. The minimum Gasteiger partial charge on any atom is -0.491 e. The third kappa shape index (κ3) is 3.49. The Kier molecular flexibility index (Phi) is 4.03. The monoisotopic (exact) mass is 316 g/mol. The molecular weight excluding hydrogens is 300 g/mol. The highest BCUT2D eigenvalue weighted by Gasteiger charge is 2.08. The van der Waals surface area contributed by atoms with Gasteiger partial charge in [0.2, 0.25) is 0 Å². The Morgan fingerprint density at radius 1 is 1.19 bits per heavy atom. The van der Waals surface area contributed by atoms with Gasteiger partial charge in [-0.15, -0.1) is 11.3 Å². The first-order valence-electron chi connectivity index (χ1n) is 6.71. The molecule has 0 unspecified atom stereocenters. The van der Waals surface area contributed by atoms with Crippen LogP contribution in [0.15, 0.2) is 51.7 Å². The van der Waals surface area contributed by atoms with Crippen molar-refractivity contribution in [2.75, 3.05) is 5.73 Å². The molecule has 0 bridgehead atoms. The van der Waals surface area contributed by atoms with E-state index in [4.69, 9.17) is 10.5 Å². The third-order valence-electron chi connectivity index (χ3n) is 2.75. The summed E-state index contributed by atoms with van der Waals surface area (Å²) in [5, 5.41) is 0. The number of benzene rings is 2. The molecule has 0 aliphatic carbocycles. The van der Waals surface area contributed by atoms with Gasteiger partial charge in [0.1, 0.15) is 5.75 Å². The number of aromatic nitrogens is 1. The van der Waals surface area contributed by atoms with E-state index in [1.165, 1.54) is 4.70 Å². The SMILES string of the molecule is CC(C)Oc1cc(N)cc(Sc2nc3ccccc3s2)c1. The average molecular weight is 316 g/mol. The first kappa shape index (κ1) is 14.2. The van der Waals surface area contributed by atoms with Crippen molar-refractivity contribution in [1.29, 1.82) is 0 Å². The maximum atomic E-state index is 5.95. The zero-order valence-electron chi connectivity index (χ0n) is 11.9. The van der Waals surface area contributed by atoms with Crippen LogP contribution in [0.3, 0.4) is 0 Å². The van der Waals surface area contributed by atoms with Crippen LogP contribution in [0.1, 0.15) is 13.8 Å². The number of anilines is 1. The predicted octanol–water partition coefficient (Wildman–Crippen LogP) is 4.82. The van der Waals surface area contributed by atoms with E-state index in [2.05, 4.69) is 11.1 Å². The average Bonchev–Trinajstić information content (AvgIpc) is 2.78. The van der Waals surface area contributed by atoms with Crippen molar-refractivity contribution < 1.29 is 4.74 Å². The van der Waals surface area contributed by atoms with Crippen LogP contribution in [0.25, 0.3) is 10.2 Å². The van der Waals surface area contributed by atoms with Crippen molar-refractivity contribution >= 4 is 39.0 Å². The molecule has 108 valence electrons. The summed E-state index contributed by atoms with van der Waals surface area (Å²) in [7, 11) is 0. The zero-order chi connectivity index (χ0) is 14.8. The van der Waals surface area contributed by atoms with Crippen LogP contribution in [-0.4, -0.2) is 11.1 Å². The van der Waals surface area contributed by atoms with Gasteiger partial charge in [-0.1, -0.05) is 23.9 Å². The van der Waals surface area contributed by atoms with E-state index < -0.39 is 0 Å². The molecule has 3 nitrogen and oxygen atoms in total. The van der Waals surface area contributed by atoms with Gasteiger partial charge in [-0.3, -0.25) is 0 Å². The van der Waals surface area contributed by atoms with Gasteiger partial charge in [0.25, 0.3) is 0 Å². The smallest absolute Gasteiger partial charge is 0.155 e. The summed E-state index contributed by atoms with van der Waals surface area (Å²) in [6.45, 7) is 4.01. The number of ether oxygens (including phenoxy) is 1. The Morgan fingerprint density at radius 3 is 2.76 bits per heavy atom. The largest absolute Gasteiger partial charge is 0.491 e. The van der Waals surface area contributed by atoms with Gasteiger partial charge < -0.3 is 10.5 Å². The lowest BCUT2D eigenvalue weighted by molar-refractivity contribution is 0.242. The topological polar surface area (TPSA) is 48.1 Å². The van der Waals surface area contributed by atoms with E-state index in [0.717, 1.165) is 20.5 Å². The number of para-hydroxylation sites is 1. The van der Waals surface area contributed by atoms with Crippen LogP contribution in [0.2, 0.25) is 0 Å². The quantitative estimate of drug-likeness (QED) is 0.701. The molecule has 0 aliphatic rings. The summed E-state index contributed by atoms with van der Waals surface area (Å²) < 4.78 is 7.93. The Labute approximate surface area is 132 Å². The maximum absolute atomic E-state index is 5.95. The molecule has 1 heterocycles. The molecule has 0 aliphatic heterocycles. The Hall–Kier alpha value is -1.72. The number of fused-ring (bicyclic) bond motifs is 1. The summed E-state index contributed by atoms with van der Waals surface area (Å²) in [5.74, 6) is 0.800.